The van der Waals surface area contributed by atoms with Crippen molar-refractivity contribution >= 4 is 22.7 Å². The van der Waals surface area contributed by atoms with Gasteiger partial charge in [-0.05, 0) is 18.2 Å². The molecule has 0 saturated heterocycles. The summed E-state index contributed by atoms with van der Waals surface area (Å²) in [6.07, 6.45) is 1.69. The van der Waals surface area contributed by atoms with E-state index in [1.807, 2.05) is 0 Å². The van der Waals surface area contributed by atoms with E-state index in [-0.39, 0.29) is 5.56 Å². The lowest BCUT2D eigenvalue weighted by Gasteiger charge is -2.04. The maximum absolute atomic E-state index is 13.3. The Balaban J connectivity index is 2.71. The minimum atomic E-state index is -1.00. The van der Waals surface area contributed by atoms with E-state index in [1.54, 1.807) is 23.9 Å². The monoisotopic (exact) mass is 235 g/mol. The van der Waals surface area contributed by atoms with Gasteiger partial charge in [-0.15, -0.1) is 0 Å². The Morgan fingerprint density at radius 1 is 1.35 bits per heavy atom. The van der Waals surface area contributed by atoms with Crippen molar-refractivity contribution in [2.24, 2.45) is 7.05 Å². The van der Waals surface area contributed by atoms with Crippen molar-refractivity contribution in [3.05, 3.63) is 35.8 Å². The quantitative estimate of drug-likeness (QED) is 0.452. The second kappa shape index (κ2) is 4.01. The van der Waals surface area contributed by atoms with Crippen LogP contribution in [0.15, 0.2) is 24.4 Å². The first kappa shape index (κ1) is 11.3. The van der Waals surface area contributed by atoms with Crippen LogP contribution in [-0.2, 0) is 16.6 Å². The van der Waals surface area contributed by atoms with Crippen LogP contribution in [0.4, 0.5) is 4.39 Å². The SMILES string of the molecule is COC(=O)C(=O)c1cc(F)cc2ccn(C)c12. The number of benzene rings is 1. The third kappa shape index (κ3) is 1.80. The summed E-state index contributed by atoms with van der Waals surface area (Å²) in [5.74, 6) is -2.41. The summed E-state index contributed by atoms with van der Waals surface area (Å²) in [5, 5.41) is 0.569. The molecule has 88 valence electrons. The Hall–Kier alpha value is -2.17. The number of ether oxygens (including phenoxy) is 1. The van der Waals surface area contributed by atoms with E-state index in [0.717, 1.165) is 13.2 Å². The number of methoxy groups -OCH3 is 1. The van der Waals surface area contributed by atoms with Gasteiger partial charge >= 0.3 is 5.97 Å². The van der Waals surface area contributed by atoms with Gasteiger partial charge in [0.1, 0.15) is 5.82 Å². The Kier molecular flexibility index (Phi) is 2.67. The molecule has 5 heteroatoms. The van der Waals surface area contributed by atoms with Gasteiger partial charge in [-0.1, -0.05) is 0 Å². The number of halogens is 1. The standard InChI is InChI=1S/C12H10FNO3/c1-14-4-3-7-5-8(13)6-9(10(7)14)11(15)12(16)17-2/h3-6H,1-2H3. The summed E-state index contributed by atoms with van der Waals surface area (Å²) in [7, 11) is 2.83. The average Bonchev–Trinajstić information content (AvgIpc) is 2.68. The number of fused-ring (bicyclic) bond motifs is 1. The number of carbonyl (C=O) groups excluding carboxylic acids is 2. The van der Waals surface area contributed by atoms with E-state index in [4.69, 9.17) is 0 Å². The van der Waals surface area contributed by atoms with Crippen molar-refractivity contribution < 1.29 is 18.7 Å². The van der Waals surface area contributed by atoms with Gasteiger partial charge in [-0.25, -0.2) is 9.18 Å². The molecule has 0 amide bonds. The van der Waals surface area contributed by atoms with Crippen LogP contribution >= 0.6 is 0 Å². The van der Waals surface area contributed by atoms with E-state index in [2.05, 4.69) is 4.74 Å². The average molecular weight is 235 g/mol. The number of rotatable bonds is 2. The normalized spacial score (nSPS) is 10.5. The smallest absolute Gasteiger partial charge is 0.379 e. The highest BCUT2D eigenvalue weighted by Gasteiger charge is 2.21. The van der Waals surface area contributed by atoms with Crippen LogP contribution in [0.1, 0.15) is 10.4 Å². The van der Waals surface area contributed by atoms with E-state index >= 15 is 0 Å². The molecule has 1 aromatic heterocycles. The van der Waals surface area contributed by atoms with E-state index in [9.17, 15) is 14.0 Å². The Morgan fingerprint density at radius 3 is 2.71 bits per heavy atom. The molecule has 17 heavy (non-hydrogen) atoms. The van der Waals surface area contributed by atoms with Gasteiger partial charge in [0, 0.05) is 18.6 Å². The molecule has 2 aromatic rings. The zero-order chi connectivity index (χ0) is 12.6. The molecule has 0 radical (unpaired) electrons. The summed E-state index contributed by atoms with van der Waals surface area (Å²) < 4.78 is 19.3. The first-order valence-corrected chi connectivity index (χ1v) is 4.92. The number of hydrogen-bond donors (Lipinski definition) is 0. The molecule has 1 aromatic carbocycles. The number of carbonyl (C=O) groups is 2. The maximum Gasteiger partial charge on any atom is 0.379 e. The van der Waals surface area contributed by atoms with Gasteiger partial charge in [0.15, 0.2) is 0 Å². The molecule has 0 atom stereocenters. The molecule has 2 rings (SSSR count). The number of Topliss-reactive ketones (excluding diaryl/α,β-unsaturated/α-hetero) is 1. The van der Waals surface area contributed by atoms with Crippen molar-refractivity contribution in [3.8, 4) is 0 Å². The number of ketones is 1. The molecule has 0 saturated carbocycles. The fourth-order valence-corrected chi connectivity index (χ4v) is 1.78. The number of aryl methyl sites for hydroxylation is 1. The number of hydrogen-bond acceptors (Lipinski definition) is 3. The van der Waals surface area contributed by atoms with Gasteiger partial charge in [0.25, 0.3) is 5.78 Å². The summed E-state index contributed by atoms with van der Waals surface area (Å²) in [6.45, 7) is 0. The highest BCUT2D eigenvalue weighted by Crippen LogP contribution is 2.22. The van der Waals surface area contributed by atoms with Crippen molar-refractivity contribution in [1.29, 1.82) is 0 Å². The fraction of sp³-hybridized carbons (Fsp3) is 0.167. The molecular formula is C12H10FNO3. The highest BCUT2D eigenvalue weighted by molar-refractivity contribution is 6.42. The first-order chi connectivity index (χ1) is 8.04. The second-order valence-electron chi connectivity index (χ2n) is 3.64. The van der Waals surface area contributed by atoms with Crippen LogP contribution in [-0.4, -0.2) is 23.4 Å². The molecule has 0 spiro atoms. The molecule has 0 N–H and O–H groups in total. The molecule has 0 unspecified atom stereocenters. The topological polar surface area (TPSA) is 48.3 Å². The third-order valence-corrected chi connectivity index (χ3v) is 2.55. The van der Waals surface area contributed by atoms with Crippen LogP contribution < -0.4 is 0 Å². The van der Waals surface area contributed by atoms with E-state index in [1.165, 1.54) is 6.07 Å². The summed E-state index contributed by atoms with van der Waals surface area (Å²) in [4.78, 5) is 22.9. The second-order valence-corrected chi connectivity index (χ2v) is 3.64. The van der Waals surface area contributed by atoms with Crippen LogP contribution in [0.3, 0.4) is 0 Å². The van der Waals surface area contributed by atoms with E-state index < -0.39 is 17.6 Å². The van der Waals surface area contributed by atoms with Gasteiger partial charge in [0.2, 0.25) is 0 Å². The van der Waals surface area contributed by atoms with Gasteiger partial charge in [-0.2, -0.15) is 0 Å². The number of esters is 1. The largest absolute Gasteiger partial charge is 0.463 e. The maximum atomic E-state index is 13.3. The summed E-state index contributed by atoms with van der Waals surface area (Å²) >= 11 is 0. The van der Waals surface area contributed by atoms with Gasteiger partial charge in [-0.3, -0.25) is 4.79 Å². The van der Waals surface area contributed by atoms with Crippen LogP contribution in [0.25, 0.3) is 10.9 Å². The Morgan fingerprint density at radius 2 is 2.06 bits per heavy atom. The minimum absolute atomic E-state index is 0.0133. The van der Waals surface area contributed by atoms with Crippen LogP contribution in [0.2, 0.25) is 0 Å². The number of nitrogens with zero attached hydrogens (tertiary/aromatic N) is 1. The van der Waals surface area contributed by atoms with Crippen molar-refractivity contribution in [2.75, 3.05) is 7.11 Å². The molecule has 4 nitrogen and oxygen atoms in total. The van der Waals surface area contributed by atoms with Gasteiger partial charge in [0.05, 0.1) is 18.2 Å². The molecule has 0 aliphatic heterocycles. The lowest BCUT2D eigenvalue weighted by molar-refractivity contribution is -0.135. The Labute approximate surface area is 96.6 Å². The van der Waals surface area contributed by atoms with E-state index in [0.29, 0.717) is 10.9 Å². The molecule has 0 aliphatic carbocycles. The molecule has 0 fully saturated rings. The predicted molar refractivity (Wildman–Crippen MR) is 59.2 cm³/mol. The predicted octanol–water partition coefficient (Wildman–Crippen LogP) is 1.67. The zero-order valence-corrected chi connectivity index (χ0v) is 9.36. The first-order valence-electron chi connectivity index (χ1n) is 4.92. The van der Waals surface area contributed by atoms with Crippen molar-refractivity contribution in [2.45, 2.75) is 0 Å². The molecule has 1 heterocycles. The van der Waals surface area contributed by atoms with Crippen LogP contribution in [0, 0.1) is 5.82 Å². The molecule has 0 aliphatic rings. The Bertz CT molecular complexity index is 615. The molecule has 0 bridgehead atoms. The third-order valence-electron chi connectivity index (χ3n) is 2.55. The summed E-state index contributed by atoms with van der Waals surface area (Å²) in [6, 6.07) is 4.03. The fourth-order valence-electron chi connectivity index (χ4n) is 1.78. The lowest BCUT2D eigenvalue weighted by Crippen LogP contribution is -2.17. The zero-order valence-electron chi connectivity index (χ0n) is 9.36. The van der Waals surface area contributed by atoms with Crippen molar-refractivity contribution in [3.63, 3.8) is 0 Å². The molecular weight excluding hydrogens is 225 g/mol. The van der Waals surface area contributed by atoms with Crippen molar-refractivity contribution in [1.82, 2.24) is 4.57 Å². The minimum Gasteiger partial charge on any atom is -0.463 e. The van der Waals surface area contributed by atoms with Crippen LogP contribution in [0.5, 0.6) is 0 Å². The van der Waals surface area contributed by atoms with Gasteiger partial charge < -0.3 is 9.30 Å². The summed E-state index contributed by atoms with van der Waals surface area (Å²) in [5.41, 5.74) is 0.529. The highest BCUT2D eigenvalue weighted by atomic mass is 19.1. The number of aromatic nitrogens is 1. The lowest BCUT2D eigenvalue weighted by atomic mass is 10.1.